The fourth-order valence-corrected chi connectivity index (χ4v) is 3.08. The van der Waals surface area contributed by atoms with Crippen molar-refractivity contribution >= 4 is 5.97 Å². The van der Waals surface area contributed by atoms with Crippen LogP contribution in [-0.4, -0.2) is 16.1 Å². The topological polar surface area (TPSA) is 55.0 Å². The van der Waals surface area contributed by atoms with Crippen LogP contribution in [0.5, 0.6) is 0 Å². The van der Waals surface area contributed by atoms with Crippen molar-refractivity contribution in [1.29, 1.82) is 5.26 Å². The van der Waals surface area contributed by atoms with Gasteiger partial charge in [0.1, 0.15) is 5.60 Å². The summed E-state index contributed by atoms with van der Waals surface area (Å²) in [5, 5.41) is 8.99. The summed E-state index contributed by atoms with van der Waals surface area (Å²) in [5.74, 6) is -0.334. The third-order valence-electron chi connectivity index (χ3n) is 4.28. The van der Waals surface area contributed by atoms with Crippen molar-refractivity contribution in [2.75, 3.05) is 0 Å². The molecule has 1 aromatic heterocycles. The molecule has 0 amide bonds. The van der Waals surface area contributed by atoms with Crippen LogP contribution in [-0.2, 0) is 11.2 Å². The Morgan fingerprint density at radius 2 is 1.68 bits per heavy atom. The Hall–Kier alpha value is -3.32. The SMILES string of the molecule is CC(C)(C)OC(=O)c1ccc(-n2c(CCC#N)ccc2-c2ccccc2)cc1. The average Bonchev–Trinajstić information content (AvgIpc) is 3.09. The van der Waals surface area contributed by atoms with Crippen LogP contribution >= 0.6 is 0 Å². The molecule has 28 heavy (non-hydrogen) atoms. The molecule has 1 heterocycles. The largest absolute Gasteiger partial charge is 0.456 e. The van der Waals surface area contributed by atoms with Crippen LogP contribution in [0.3, 0.4) is 0 Å². The lowest BCUT2D eigenvalue weighted by atomic mass is 10.1. The van der Waals surface area contributed by atoms with E-state index in [1.165, 1.54) is 0 Å². The van der Waals surface area contributed by atoms with E-state index in [-0.39, 0.29) is 5.97 Å². The van der Waals surface area contributed by atoms with Crippen molar-refractivity contribution in [1.82, 2.24) is 4.57 Å². The maximum absolute atomic E-state index is 12.3. The van der Waals surface area contributed by atoms with Crippen molar-refractivity contribution in [3.8, 4) is 23.0 Å². The minimum Gasteiger partial charge on any atom is -0.456 e. The predicted octanol–water partition coefficient (Wildman–Crippen LogP) is 5.56. The molecule has 0 aliphatic heterocycles. The summed E-state index contributed by atoms with van der Waals surface area (Å²) < 4.78 is 7.59. The molecule has 0 fully saturated rings. The number of esters is 1. The Kier molecular flexibility index (Phi) is 5.65. The van der Waals surface area contributed by atoms with Crippen LogP contribution in [0, 0.1) is 11.3 Å². The molecule has 0 saturated heterocycles. The van der Waals surface area contributed by atoms with Gasteiger partial charge in [-0.25, -0.2) is 4.79 Å². The number of hydrogen-bond donors (Lipinski definition) is 0. The monoisotopic (exact) mass is 372 g/mol. The summed E-state index contributed by atoms with van der Waals surface area (Å²) in [4.78, 5) is 12.3. The normalized spacial score (nSPS) is 11.1. The first-order chi connectivity index (χ1) is 13.4. The number of nitriles is 1. The van der Waals surface area contributed by atoms with Crippen molar-refractivity contribution in [3.05, 3.63) is 78.0 Å². The molecule has 142 valence electrons. The molecule has 3 aromatic rings. The van der Waals surface area contributed by atoms with Crippen LogP contribution in [0.4, 0.5) is 0 Å². The predicted molar refractivity (Wildman–Crippen MR) is 110 cm³/mol. The molecule has 0 bridgehead atoms. The molecule has 0 atom stereocenters. The first-order valence-electron chi connectivity index (χ1n) is 9.36. The van der Waals surface area contributed by atoms with Crippen molar-refractivity contribution in [2.45, 2.75) is 39.2 Å². The fourth-order valence-electron chi connectivity index (χ4n) is 3.08. The van der Waals surface area contributed by atoms with E-state index in [0.29, 0.717) is 18.4 Å². The molecule has 0 N–H and O–H groups in total. The van der Waals surface area contributed by atoms with Gasteiger partial charge >= 0.3 is 5.97 Å². The van der Waals surface area contributed by atoms with Crippen LogP contribution in [0.2, 0.25) is 0 Å². The molecule has 4 nitrogen and oxygen atoms in total. The summed E-state index contributed by atoms with van der Waals surface area (Å²) in [6, 6.07) is 23.9. The highest BCUT2D eigenvalue weighted by molar-refractivity contribution is 5.90. The lowest BCUT2D eigenvalue weighted by Crippen LogP contribution is -2.23. The second-order valence-electron chi connectivity index (χ2n) is 7.62. The number of carbonyl (C=O) groups excluding carboxylic acids is 1. The van der Waals surface area contributed by atoms with Crippen molar-refractivity contribution < 1.29 is 9.53 Å². The number of hydrogen-bond acceptors (Lipinski definition) is 3. The van der Waals surface area contributed by atoms with Gasteiger partial charge in [0.25, 0.3) is 0 Å². The van der Waals surface area contributed by atoms with Gasteiger partial charge in [0.15, 0.2) is 0 Å². The lowest BCUT2D eigenvalue weighted by Gasteiger charge is -2.19. The first kappa shape index (κ1) is 19.4. The van der Waals surface area contributed by atoms with Gasteiger partial charge < -0.3 is 9.30 Å². The maximum Gasteiger partial charge on any atom is 0.338 e. The van der Waals surface area contributed by atoms with Crippen LogP contribution in [0.25, 0.3) is 16.9 Å². The third-order valence-corrected chi connectivity index (χ3v) is 4.28. The van der Waals surface area contributed by atoms with E-state index < -0.39 is 5.60 Å². The molecule has 4 heteroatoms. The lowest BCUT2D eigenvalue weighted by molar-refractivity contribution is 0.00695. The van der Waals surface area contributed by atoms with Crippen LogP contribution in [0.15, 0.2) is 66.7 Å². The number of benzene rings is 2. The van der Waals surface area contributed by atoms with Gasteiger partial charge in [-0.2, -0.15) is 5.26 Å². The zero-order valence-corrected chi connectivity index (χ0v) is 16.5. The number of aromatic nitrogens is 1. The van der Waals surface area contributed by atoms with Gasteiger partial charge in [-0.3, -0.25) is 0 Å². The highest BCUT2D eigenvalue weighted by Crippen LogP contribution is 2.28. The third kappa shape index (κ3) is 4.50. The molecule has 3 rings (SSSR count). The molecule has 2 aromatic carbocycles. The minimum atomic E-state index is -0.527. The number of ether oxygens (including phenoxy) is 1. The Balaban J connectivity index is 1.99. The Morgan fingerprint density at radius 3 is 2.29 bits per heavy atom. The summed E-state index contributed by atoms with van der Waals surface area (Å²) in [6.45, 7) is 5.56. The minimum absolute atomic E-state index is 0.334. The standard InChI is InChI=1S/C24H24N2O2/c1-24(2,3)28-23(27)19-11-13-21(14-12-19)26-20(10-7-17-25)15-16-22(26)18-8-5-4-6-9-18/h4-6,8-9,11-16H,7,10H2,1-3H3. The Morgan fingerprint density at radius 1 is 1.00 bits per heavy atom. The number of carbonyl (C=O) groups is 1. The van der Waals surface area contributed by atoms with Gasteiger partial charge in [-0.1, -0.05) is 30.3 Å². The molecule has 0 saturated carbocycles. The van der Waals surface area contributed by atoms with Gasteiger partial charge in [0.05, 0.1) is 17.3 Å². The zero-order chi connectivity index (χ0) is 20.1. The summed E-state index contributed by atoms with van der Waals surface area (Å²) in [6.07, 6.45) is 1.12. The summed E-state index contributed by atoms with van der Waals surface area (Å²) >= 11 is 0. The van der Waals surface area contributed by atoms with Crippen molar-refractivity contribution in [2.24, 2.45) is 0 Å². The fraction of sp³-hybridized carbons (Fsp3) is 0.250. The molecular formula is C24H24N2O2. The van der Waals surface area contributed by atoms with E-state index in [1.807, 2.05) is 51.1 Å². The summed E-state index contributed by atoms with van der Waals surface area (Å²) in [7, 11) is 0. The van der Waals surface area contributed by atoms with Gasteiger partial charge in [0.2, 0.25) is 0 Å². The highest BCUT2D eigenvalue weighted by Gasteiger charge is 2.18. The van der Waals surface area contributed by atoms with Gasteiger partial charge in [-0.05, 0) is 62.7 Å². The van der Waals surface area contributed by atoms with Crippen LogP contribution < -0.4 is 0 Å². The van der Waals surface area contributed by atoms with E-state index >= 15 is 0 Å². The number of rotatable bonds is 5. The van der Waals surface area contributed by atoms with Gasteiger partial charge in [-0.15, -0.1) is 0 Å². The van der Waals surface area contributed by atoms with Gasteiger partial charge in [0, 0.05) is 24.2 Å². The maximum atomic E-state index is 12.3. The first-order valence-corrected chi connectivity index (χ1v) is 9.36. The molecular weight excluding hydrogens is 348 g/mol. The summed E-state index contributed by atoms with van der Waals surface area (Å²) in [5.41, 5.74) is 4.15. The molecule has 0 aliphatic carbocycles. The van der Waals surface area contributed by atoms with Crippen molar-refractivity contribution in [3.63, 3.8) is 0 Å². The van der Waals surface area contributed by atoms with E-state index in [9.17, 15) is 4.79 Å². The quantitative estimate of drug-likeness (QED) is 0.551. The van der Waals surface area contributed by atoms with E-state index in [0.717, 1.165) is 22.6 Å². The molecule has 0 aliphatic rings. The Bertz CT molecular complexity index is 988. The highest BCUT2D eigenvalue weighted by atomic mass is 16.6. The second kappa shape index (κ2) is 8.14. The van der Waals surface area contributed by atoms with E-state index in [2.05, 4.69) is 34.9 Å². The number of nitrogens with zero attached hydrogens (tertiary/aromatic N) is 2. The Labute approximate surface area is 166 Å². The smallest absolute Gasteiger partial charge is 0.338 e. The van der Waals surface area contributed by atoms with E-state index in [4.69, 9.17) is 10.00 Å². The molecule has 0 unspecified atom stereocenters. The average molecular weight is 372 g/mol. The van der Waals surface area contributed by atoms with Crippen LogP contribution in [0.1, 0.15) is 43.2 Å². The van der Waals surface area contributed by atoms with E-state index in [1.54, 1.807) is 12.1 Å². The molecule has 0 spiro atoms. The zero-order valence-electron chi connectivity index (χ0n) is 16.5. The number of aryl methyl sites for hydroxylation is 1. The molecule has 0 radical (unpaired) electrons. The second-order valence-corrected chi connectivity index (χ2v) is 7.62.